The average molecular weight is 276 g/mol. The lowest BCUT2D eigenvalue weighted by atomic mass is 10.1. The molecule has 0 aromatic heterocycles. The summed E-state index contributed by atoms with van der Waals surface area (Å²) in [4.78, 5) is 11.1. The Balaban J connectivity index is 2.14. The van der Waals surface area contributed by atoms with Gasteiger partial charge in [-0.05, 0) is 36.2 Å². The van der Waals surface area contributed by atoms with Crippen LogP contribution in [0.2, 0.25) is 5.02 Å². The molecule has 3 nitrogen and oxygen atoms in total. The van der Waals surface area contributed by atoms with Crippen LogP contribution in [-0.4, -0.2) is 11.1 Å². The lowest BCUT2D eigenvalue weighted by Crippen LogP contribution is -2.06. The summed E-state index contributed by atoms with van der Waals surface area (Å²) < 4.78 is 0. The molecule has 0 bridgehead atoms. The Labute approximate surface area is 116 Å². The summed E-state index contributed by atoms with van der Waals surface area (Å²) in [7, 11) is 0. The van der Waals surface area contributed by atoms with Crippen molar-refractivity contribution < 1.29 is 9.90 Å². The van der Waals surface area contributed by atoms with Gasteiger partial charge in [0.05, 0.1) is 5.56 Å². The van der Waals surface area contributed by atoms with E-state index in [-0.39, 0.29) is 5.56 Å². The highest BCUT2D eigenvalue weighted by molar-refractivity contribution is 6.31. The van der Waals surface area contributed by atoms with Gasteiger partial charge in [-0.3, -0.25) is 0 Å². The van der Waals surface area contributed by atoms with Crippen LogP contribution < -0.4 is 5.32 Å². The van der Waals surface area contributed by atoms with E-state index in [4.69, 9.17) is 16.7 Å². The molecule has 0 aliphatic heterocycles. The highest BCUT2D eigenvalue weighted by Crippen LogP contribution is 2.19. The molecule has 0 saturated heterocycles. The van der Waals surface area contributed by atoms with Crippen molar-refractivity contribution in [1.29, 1.82) is 0 Å². The number of rotatable bonds is 4. The van der Waals surface area contributed by atoms with Crippen molar-refractivity contribution in [3.8, 4) is 0 Å². The van der Waals surface area contributed by atoms with E-state index in [0.29, 0.717) is 17.3 Å². The molecular weight excluding hydrogens is 262 g/mol. The monoisotopic (exact) mass is 275 g/mol. The Hall–Kier alpha value is -2.00. The van der Waals surface area contributed by atoms with Gasteiger partial charge >= 0.3 is 5.97 Å². The van der Waals surface area contributed by atoms with E-state index >= 15 is 0 Å². The van der Waals surface area contributed by atoms with Crippen LogP contribution in [0.4, 0.5) is 5.69 Å². The first-order chi connectivity index (χ1) is 9.08. The van der Waals surface area contributed by atoms with E-state index in [1.54, 1.807) is 24.3 Å². The number of carbonyl (C=O) groups is 1. The number of hydrogen-bond acceptors (Lipinski definition) is 2. The summed E-state index contributed by atoms with van der Waals surface area (Å²) in [5.74, 6) is -0.940. The number of hydrogen-bond donors (Lipinski definition) is 2. The molecule has 0 fully saturated rings. The fourth-order valence-electron chi connectivity index (χ4n) is 1.77. The van der Waals surface area contributed by atoms with Gasteiger partial charge in [0.2, 0.25) is 0 Å². The molecule has 0 aliphatic carbocycles. The number of nitrogens with one attached hydrogen (secondary N) is 1. The Kier molecular flexibility index (Phi) is 4.07. The summed E-state index contributed by atoms with van der Waals surface area (Å²) in [6.45, 7) is 2.48. The van der Waals surface area contributed by atoms with E-state index in [0.717, 1.165) is 11.1 Å². The van der Waals surface area contributed by atoms with E-state index in [1.165, 1.54) is 0 Å². The molecule has 2 N–H and O–H groups in total. The van der Waals surface area contributed by atoms with Crippen LogP contribution in [-0.2, 0) is 6.54 Å². The summed E-state index contributed by atoms with van der Waals surface area (Å²) in [5, 5.41) is 12.9. The van der Waals surface area contributed by atoms with Crippen LogP contribution in [0.25, 0.3) is 0 Å². The first-order valence-electron chi connectivity index (χ1n) is 5.89. The lowest BCUT2D eigenvalue weighted by Gasteiger charge is -2.10. The predicted molar refractivity (Wildman–Crippen MR) is 76.9 cm³/mol. The zero-order valence-electron chi connectivity index (χ0n) is 10.5. The normalized spacial score (nSPS) is 10.2. The van der Waals surface area contributed by atoms with E-state index in [1.807, 2.05) is 25.1 Å². The minimum Gasteiger partial charge on any atom is -0.478 e. The zero-order valence-corrected chi connectivity index (χ0v) is 11.2. The van der Waals surface area contributed by atoms with Gasteiger partial charge in [-0.25, -0.2) is 4.79 Å². The number of anilines is 1. The van der Waals surface area contributed by atoms with Crippen molar-refractivity contribution >= 4 is 23.3 Å². The maximum Gasteiger partial charge on any atom is 0.337 e. The molecule has 0 spiro atoms. The van der Waals surface area contributed by atoms with Gasteiger partial charge in [0.1, 0.15) is 0 Å². The lowest BCUT2D eigenvalue weighted by molar-refractivity contribution is 0.0698. The van der Waals surface area contributed by atoms with Crippen molar-refractivity contribution in [3.63, 3.8) is 0 Å². The minimum atomic E-state index is -0.940. The second-order valence-corrected chi connectivity index (χ2v) is 4.70. The number of benzene rings is 2. The number of carboxylic acid groups (broad SMARTS) is 1. The van der Waals surface area contributed by atoms with Gasteiger partial charge in [-0.2, -0.15) is 0 Å². The third-order valence-corrected chi connectivity index (χ3v) is 3.28. The minimum absolute atomic E-state index is 0.265. The second-order valence-electron chi connectivity index (χ2n) is 4.29. The molecule has 0 unspecified atom stereocenters. The number of carboxylic acids is 1. The van der Waals surface area contributed by atoms with Gasteiger partial charge in [0.15, 0.2) is 0 Å². The first kappa shape index (κ1) is 13.4. The molecule has 0 saturated carbocycles. The standard InChI is InChI=1S/C15H14ClNO2/c1-10-6-7-11(8-13(10)16)9-17-14-5-3-2-4-12(14)15(18)19/h2-8,17H,9H2,1H3,(H,18,19). The summed E-state index contributed by atoms with van der Waals surface area (Å²) in [6, 6.07) is 12.6. The summed E-state index contributed by atoms with van der Waals surface area (Å²) in [6.07, 6.45) is 0. The Morgan fingerprint density at radius 3 is 2.68 bits per heavy atom. The Bertz CT molecular complexity index is 611. The van der Waals surface area contributed by atoms with Crippen molar-refractivity contribution in [3.05, 3.63) is 64.2 Å². The molecule has 2 aromatic rings. The molecular formula is C15H14ClNO2. The van der Waals surface area contributed by atoms with Gasteiger partial charge < -0.3 is 10.4 Å². The Morgan fingerprint density at radius 2 is 2.00 bits per heavy atom. The molecule has 0 heterocycles. The van der Waals surface area contributed by atoms with E-state index < -0.39 is 5.97 Å². The number of halogens is 1. The van der Waals surface area contributed by atoms with Gasteiger partial charge in [0.25, 0.3) is 0 Å². The molecule has 98 valence electrons. The van der Waals surface area contributed by atoms with E-state index in [2.05, 4.69) is 5.32 Å². The first-order valence-corrected chi connectivity index (χ1v) is 6.27. The van der Waals surface area contributed by atoms with Crippen LogP contribution in [0.3, 0.4) is 0 Å². The van der Waals surface area contributed by atoms with Gasteiger partial charge in [-0.1, -0.05) is 35.9 Å². The van der Waals surface area contributed by atoms with Crippen molar-refractivity contribution in [2.45, 2.75) is 13.5 Å². The third-order valence-electron chi connectivity index (χ3n) is 2.88. The largest absolute Gasteiger partial charge is 0.478 e. The van der Waals surface area contributed by atoms with Crippen molar-refractivity contribution in [2.24, 2.45) is 0 Å². The smallest absolute Gasteiger partial charge is 0.337 e. The Morgan fingerprint density at radius 1 is 1.26 bits per heavy atom. The van der Waals surface area contributed by atoms with Crippen LogP contribution in [0.1, 0.15) is 21.5 Å². The highest BCUT2D eigenvalue weighted by atomic mass is 35.5. The number of para-hydroxylation sites is 1. The second kappa shape index (κ2) is 5.76. The fourth-order valence-corrected chi connectivity index (χ4v) is 1.97. The topological polar surface area (TPSA) is 49.3 Å². The quantitative estimate of drug-likeness (QED) is 0.888. The summed E-state index contributed by atoms with van der Waals surface area (Å²) in [5.41, 5.74) is 2.90. The molecule has 19 heavy (non-hydrogen) atoms. The molecule has 0 aliphatic rings. The summed E-state index contributed by atoms with van der Waals surface area (Å²) >= 11 is 6.06. The van der Waals surface area contributed by atoms with Crippen molar-refractivity contribution in [2.75, 3.05) is 5.32 Å². The van der Waals surface area contributed by atoms with Crippen LogP contribution in [0.5, 0.6) is 0 Å². The maximum absolute atomic E-state index is 11.1. The van der Waals surface area contributed by atoms with Crippen LogP contribution in [0, 0.1) is 6.92 Å². The fraction of sp³-hybridized carbons (Fsp3) is 0.133. The van der Waals surface area contributed by atoms with Crippen LogP contribution in [0.15, 0.2) is 42.5 Å². The van der Waals surface area contributed by atoms with Crippen LogP contribution >= 0.6 is 11.6 Å². The number of aromatic carboxylic acids is 1. The predicted octanol–water partition coefficient (Wildman–Crippen LogP) is 3.96. The van der Waals surface area contributed by atoms with Gasteiger partial charge in [-0.15, -0.1) is 0 Å². The molecule has 0 radical (unpaired) electrons. The zero-order chi connectivity index (χ0) is 13.8. The molecule has 2 aromatic carbocycles. The maximum atomic E-state index is 11.1. The van der Waals surface area contributed by atoms with Gasteiger partial charge in [0, 0.05) is 17.3 Å². The SMILES string of the molecule is Cc1ccc(CNc2ccccc2C(=O)O)cc1Cl. The molecule has 4 heteroatoms. The van der Waals surface area contributed by atoms with E-state index in [9.17, 15) is 4.79 Å². The number of aryl methyl sites for hydroxylation is 1. The molecule has 0 amide bonds. The molecule has 0 atom stereocenters. The van der Waals surface area contributed by atoms with Crippen molar-refractivity contribution in [1.82, 2.24) is 0 Å². The highest BCUT2D eigenvalue weighted by Gasteiger charge is 2.08. The average Bonchev–Trinajstić information content (AvgIpc) is 2.40. The molecule has 2 rings (SSSR count). The third kappa shape index (κ3) is 3.26.